The molecular formula is C16H14F2N4O2S. The second kappa shape index (κ2) is 5.37. The van der Waals surface area contributed by atoms with Gasteiger partial charge in [0, 0.05) is 12.0 Å². The van der Waals surface area contributed by atoms with Crippen LogP contribution in [0.1, 0.15) is 28.6 Å². The average molecular weight is 364 g/mol. The number of benzene rings is 1. The molecule has 2 bridgehead atoms. The summed E-state index contributed by atoms with van der Waals surface area (Å²) in [6.45, 7) is 1.03. The summed E-state index contributed by atoms with van der Waals surface area (Å²) in [5, 5.41) is 0.539. The van der Waals surface area contributed by atoms with Crippen LogP contribution in [0.2, 0.25) is 0 Å². The lowest BCUT2D eigenvalue weighted by Crippen LogP contribution is -2.51. The Balaban J connectivity index is 1.59. The van der Waals surface area contributed by atoms with Gasteiger partial charge in [-0.15, -0.1) is 0 Å². The highest BCUT2D eigenvalue weighted by Crippen LogP contribution is 2.43. The van der Waals surface area contributed by atoms with E-state index in [0.717, 1.165) is 10.6 Å². The monoisotopic (exact) mass is 364 g/mol. The number of hydrogen-bond acceptors (Lipinski definition) is 7. The second-order valence-electron chi connectivity index (χ2n) is 6.21. The zero-order valence-electron chi connectivity index (χ0n) is 13.0. The number of aromatic nitrogens is 2. The van der Waals surface area contributed by atoms with Gasteiger partial charge in [-0.05, 0) is 18.2 Å². The molecule has 0 aliphatic carbocycles. The molecule has 2 atom stereocenters. The van der Waals surface area contributed by atoms with Gasteiger partial charge in [0.25, 0.3) is 12.4 Å². The van der Waals surface area contributed by atoms with Crippen LogP contribution in [-0.2, 0) is 11.2 Å². The quantitative estimate of drug-likeness (QED) is 0.752. The topological polar surface area (TPSA) is 77.4 Å². The van der Waals surface area contributed by atoms with Gasteiger partial charge >= 0.3 is 0 Å². The number of nitrogen functional groups attached to an aromatic ring is 1. The maximum atomic E-state index is 12.9. The molecule has 1 aromatic carbocycles. The van der Waals surface area contributed by atoms with Gasteiger partial charge in [-0.25, -0.2) is 13.8 Å². The lowest BCUT2D eigenvalue weighted by Gasteiger charge is -2.43. The van der Waals surface area contributed by atoms with E-state index in [0.29, 0.717) is 41.9 Å². The van der Waals surface area contributed by atoms with Gasteiger partial charge in [-0.2, -0.15) is 4.98 Å². The van der Waals surface area contributed by atoms with Gasteiger partial charge in [0.05, 0.1) is 35.9 Å². The van der Waals surface area contributed by atoms with E-state index in [9.17, 15) is 8.78 Å². The van der Waals surface area contributed by atoms with Crippen molar-refractivity contribution in [1.29, 1.82) is 0 Å². The van der Waals surface area contributed by atoms with Crippen molar-refractivity contribution in [3.8, 4) is 0 Å². The van der Waals surface area contributed by atoms with E-state index in [1.54, 1.807) is 6.07 Å². The van der Waals surface area contributed by atoms with Crippen LogP contribution in [0.25, 0.3) is 11.1 Å². The molecule has 6 nitrogen and oxygen atoms in total. The van der Waals surface area contributed by atoms with Crippen molar-refractivity contribution < 1.29 is 17.9 Å². The van der Waals surface area contributed by atoms with E-state index < -0.39 is 6.43 Å². The van der Waals surface area contributed by atoms with Gasteiger partial charge in [-0.1, -0.05) is 11.3 Å². The standard InChI is InChI=1S/C16H14F2N4O2S/c17-14(18)7-1-2-12-9(3-7)21-16(24-12)22-8-4-10-13(25-15(19)20-10)11(22)6-23-5-8/h1-3,8,11,14H,4-6H2,(H2,19,20)/t8-,11-/m0/s1. The molecule has 2 aromatic heterocycles. The molecule has 2 aliphatic rings. The predicted molar refractivity (Wildman–Crippen MR) is 89.0 cm³/mol. The minimum Gasteiger partial charge on any atom is -0.423 e. The van der Waals surface area contributed by atoms with Crippen LogP contribution in [0.15, 0.2) is 22.6 Å². The number of oxazole rings is 1. The van der Waals surface area contributed by atoms with Gasteiger partial charge in [-0.3, -0.25) is 0 Å². The third-order valence-corrected chi connectivity index (χ3v) is 5.69. The Hall–Kier alpha value is -2.26. The molecule has 130 valence electrons. The average Bonchev–Trinajstić information content (AvgIpc) is 3.16. The van der Waals surface area contributed by atoms with Crippen molar-refractivity contribution in [2.24, 2.45) is 0 Å². The Labute approximate surface area is 145 Å². The fourth-order valence-corrected chi connectivity index (χ4v) is 4.52. The summed E-state index contributed by atoms with van der Waals surface area (Å²) in [4.78, 5) is 12.0. The van der Waals surface area contributed by atoms with E-state index >= 15 is 0 Å². The fourth-order valence-electron chi connectivity index (χ4n) is 3.57. The zero-order valence-corrected chi connectivity index (χ0v) is 13.8. The molecule has 0 amide bonds. The second-order valence-corrected chi connectivity index (χ2v) is 7.27. The number of thiazole rings is 1. The number of fused-ring (bicyclic) bond motifs is 5. The van der Waals surface area contributed by atoms with Crippen LogP contribution >= 0.6 is 11.3 Å². The Morgan fingerprint density at radius 3 is 3.00 bits per heavy atom. The van der Waals surface area contributed by atoms with E-state index in [1.165, 1.54) is 23.5 Å². The molecule has 1 fully saturated rings. The Morgan fingerprint density at radius 2 is 2.16 bits per heavy atom. The Morgan fingerprint density at radius 1 is 1.28 bits per heavy atom. The summed E-state index contributed by atoms with van der Waals surface area (Å²) in [7, 11) is 0. The van der Waals surface area contributed by atoms with Gasteiger partial charge < -0.3 is 19.8 Å². The predicted octanol–water partition coefficient (Wildman–Crippen LogP) is 3.31. The molecule has 9 heteroatoms. The summed E-state index contributed by atoms with van der Waals surface area (Å²) >= 11 is 1.45. The smallest absolute Gasteiger partial charge is 0.299 e. The SMILES string of the molecule is Nc1nc2c(s1)[C@@H]1COC[C@H](C2)N1c1nc2cc(C(F)F)ccc2o1. The number of nitrogens with zero attached hydrogens (tertiary/aromatic N) is 3. The van der Waals surface area contributed by atoms with E-state index in [1.807, 2.05) is 0 Å². The summed E-state index contributed by atoms with van der Waals surface area (Å²) in [6.07, 6.45) is -1.84. The van der Waals surface area contributed by atoms with Crippen LogP contribution in [-0.4, -0.2) is 29.2 Å². The maximum absolute atomic E-state index is 12.9. The summed E-state index contributed by atoms with van der Waals surface area (Å²) in [6, 6.07) is 4.68. The molecule has 25 heavy (non-hydrogen) atoms. The Bertz CT molecular complexity index is 957. The number of morpholine rings is 1. The van der Waals surface area contributed by atoms with Crippen LogP contribution in [0.3, 0.4) is 0 Å². The molecule has 5 rings (SSSR count). The number of halogens is 2. The summed E-state index contributed by atoms with van der Waals surface area (Å²) in [5.41, 5.74) is 7.74. The van der Waals surface area contributed by atoms with Crippen molar-refractivity contribution in [3.63, 3.8) is 0 Å². The first kappa shape index (κ1) is 15.0. The zero-order chi connectivity index (χ0) is 17.1. The van der Waals surface area contributed by atoms with Gasteiger partial charge in [0.15, 0.2) is 10.7 Å². The van der Waals surface area contributed by atoms with Crippen LogP contribution in [0.5, 0.6) is 0 Å². The molecule has 4 heterocycles. The van der Waals surface area contributed by atoms with Crippen LogP contribution in [0, 0.1) is 0 Å². The van der Waals surface area contributed by atoms with Crippen LogP contribution < -0.4 is 10.6 Å². The number of nitrogens with two attached hydrogens (primary N) is 1. The minimum absolute atomic E-state index is 0.0374. The highest BCUT2D eigenvalue weighted by molar-refractivity contribution is 7.15. The highest BCUT2D eigenvalue weighted by Gasteiger charge is 2.42. The molecule has 0 unspecified atom stereocenters. The first-order valence-corrected chi connectivity index (χ1v) is 8.71. The van der Waals surface area contributed by atoms with Crippen molar-refractivity contribution in [3.05, 3.63) is 34.3 Å². The summed E-state index contributed by atoms with van der Waals surface area (Å²) in [5.74, 6) is 0. The summed E-state index contributed by atoms with van der Waals surface area (Å²) < 4.78 is 37.4. The molecule has 1 saturated heterocycles. The molecule has 2 aliphatic heterocycles. The molecule has 0 spiro atoms. The third kappa shape index (κ3) is 2.30. The lowest BCUT2D eigenvalue weighted by molar-refractivity contribution is 0.0579. The Kier molecular flexibility index (Phi) is 3.23. The molecule has 3 aromatic rings. The number of anilines is 2. The third-order valence-electron chi connectivity index (χ3n) is 4.66. The maximum Gasteiger partial charge on any atom is 0.299 e. The number of hydrogen-bond donors (Lipinski definition) is 1. The lowest BCUT2D eigenvalue weighted by atomic mass is 9.97. The number of rotatable bonds is 2. The van der Waals surface area contributed by atoms with Crippen molar-refractivity contribution >= 4 is 33.6 Å². The van der Waals surface area contributed by atoms with Crippen molar-refractivity contribution in [1.82, 2.24) is 9.97 Å². The molecule has 2 N–H and O–H groups in total. The minimum atomic E-state index is -2.53. The van der Waals surface area contributed by atoms with Crippen molar-refractivity contribution in [2.45, 2.75) is 24.9 Å². The van der Waals surface area contributed by atoms with E-state index in [2.05, 4.69) is 14.9 Å². The number of ether oxygens (including phenoxy) is 1. The molecule has 0 saturated carbocycles. The molecule has 0 radical (unpaired) electrons. The normalized spacial score (nSPS) is 22.6. The molecular weight excluding hydrogens is 350 g/mol. The first-order valence-electron chi connectivity index (χ1n) is 7.90. The largest absolute Gasteiger partial charge is 0.423 e. The number of alkyl halides is 2. The van der Waals surface area contributed by atoms with Crippen LogP contribution in [0.4, 0.5) is 19.9 Å². The van der Waals surface area contributed by atoms with Crippen molar-refractivity contribution in [2.75, 3.05) is 23.8 Å². The van der Waals surface area contributed by atoms with E-state index in [-0.39, 0.29) is 17.6 Å². The van der Waals surface area contributed by atoms with Gasteiger partial charge in [0.2, 0.25) is 0 Å². The van der Waals surface area contributed by atoms with Gasteiger partial charge in [0.1, 0.15) is 5.52 Å². The first-order chi connectivity index (χ1) is 12.1. The fraction of sp³-hybridized carbons (Fsp3) is 0.375. The van der Waals surface area contributed by atoms with E-state index in [4.69, 9.17) is 14.9 Å². The highest BCUT2D eigenvalue weighted by atomic mass is 32.1.